The summed E-state index contributed by atoms with van der Waals surface area (Å²) in [7, 11) is 1.95. The Hall–Kier alpha value is -1.64. The summed E-state index contributed by atoms with van der Waals surface area (Å²) in [6.45, 7) is 0. The Labute approximate surface area is 149 Å². The number of amides is 1. The number of aromatic nitrogens is 2. The lowest BCUT2D eigenvalue weighted by molar-refractivity contribution is -0.118. The zero-order valence-corrected chi connectivity index (χ0v) is 15.4. The Kier molecular flexibility index (Phi) is 5.14. The molecule has 0 aliphatic rings. The van der Waals surface area contributed by atoms with Gasteiger partial charge in [-0.05, 0) is 40.2 Å². The van der Waals surface area contributed by atoms with E-state index in [9.17, 15) is 4.79 Å². The molecular formula is C15H13BrN4OS2. The predicted molar refractivity (Wildman–Crippen MR) is 99.2 cm³/mol. The van der Waals surface area contributed by atoms with Gasteiger partial charge in [0.25, 0.3) is 5.91 Å². The van der Waals surface area contributed by atoms with Crippen molar-refractivity contribution in [2.45, 2.75) is 5.16 Å². The molecule has 5 nitrogen and oxygen atoms in total. The Morgan fingerprint density at radius 1 is 1.43 bits per heavy atom. The van der Waals surface area contributed by atoms with Crippen LogP contribution in [0.15, 0.2) is 50.4 Å². The molecule has 2 aromatic heterocycles. The monoisotopic (exact) mass is 408 g/mol. The quantitative estimate of drug-likeness (QED) is 0.398. The van der Waals surface area contributed by atoms with Gasteiger partial charge in [-0.3, -0.25) is 4.79 Å². The lowest BCUT2D eigenvalue weighted by Gasteiger charge is -2.01. The number of hydrazone groups is 1. The van der Waals surface area contributed by atoms with Gasteiger partial charge in [0.05, 0.1) is 26.8 Å². The van der Waals surface area contributed by atoms with Gasteiger partial charge in [0.1, 0.15) is 0 Å². The van der Waals surface area contributed by atoms with E-state index in [1.165, 1.54) is 11.8 Å². The van der Waals surface area contributed by atoms with Crippen LogP contribution in [-0.4, -0.2) is 27.4 Å². The lowest BCUT2D eigenvalue weighted by Crippen LogP contribution is -2.19. The highest BCUT2D eigenvalue weighted by atomic mass is 79.9. The largest absolute Gasteiger partial charge is 0.322 e. The van der Waals surface area contributed by atoms with Crippen LogP contribution >= 0.6 is 39.0 Å². The first kappa shape index (κ1) is 16.2. The van der Waals surface area contributed by atoms with Crippen LogP contribution in [0.3, 0.4) is 0 Å². The Bertz CT molecular complexity index is 871. The fourth-order valence-corrected chi connectivity index (χ4v) is 4.06. The first-order valence-electron chi connectivity index (χ1n) is 6.75. The molecule has 3 rings (SSSR count). The van der Waals surface area contributed by atoms with Gasteiger partial charge < -0.3 is 4.57 Å². The van der Waals surface area contributed by atoms with Crippen molar-refractivity contribution in [1.29, 1.82) is 0 Å². The second-order valence-corrected chi connectivity index (χ2v) is 8.10. The van der Waals surface area contributed by atoms with E-state index in [4.69, 9.17) is 0 Å². The molecule has 0 saturated heterocycles. The zero-order chi connectivity index (χ0) is 16.2. The summed E-state index contributed by atoms with van der Waals surface area (Å²) in [5.41, 5.74) is 4.51. The molecule has 2 heterocycles. The van der Waals surface area contributed by atoms with Gasteiger partial charge in [-0.1, -0.05) is 23.9 Å². The lowest BCUT2D eigenvalue weighted by atomic mass is 10.3. The molecule has 0 aliphatic carbocycles. The van der Waals surface area contributed by atoms with Crippen molar-refractivity contribution in [3.63, 3.8) is 0 Å². The van der Waals surface area contributed by atoms with Crippen molar-refractivity contribution in [3.05, 3.63) is 45.1 Å². The maximum atomic E-state index is 11.8. The van der Waals surface area contributed by atoms with Crippen molar-refractivity contribution in [2.24, 2.45) is 12.1 Å². The molecule has 8 heteroatoms. The number of rotatable bonds is 5. The molecule has 1 amide bonds. The van der Waals surface area contributed by atoms with Crippen molar-refractivity contribution < 1.29 is 4.79 Å². The van der Waals surface area contributed by atoms with E-state index >= 15 is 0 Å². The average Bonchev–Trinajstić information content (AvgIpc) is 3.10. The minimum atomic E-state index is -0.158. The van der Waals surface area contributed by atoms with Crippen LogP contribution in [0.25, 0.3) is 11.0 Å². The number of carbonyl (C=O) groups excluding carboxylic acids is 1. The van der Waals surface area contributed by atoms with Crippen molar-refractivity contribution in [2.75, 3.05) is 5.75 Å². The zero-order valence-electron chi connectivity index (χ0n) is 12.2. The normalized spacial score (nSPS) is 11.4. The molecule has 1 aromatic carbocycles. The number of carbonyl (C=O) groups is 1. The third-order valence-electron chi connectivity index (χ3n) is 3.05. The van der Waals surface area contributed by atoms with Gasteiger partial charge in [-0.15, -0.1) is 11.3 Å². The fourth-order valence-electron chi connectivity index (χ4n) is 1.98. The Morgan fingerprint density at radius 3 is 3.00 bits per heavy atom. The van der Waals surface area contributed by atoms with E-state index in [1.54, 1.807) is 17.6 Å². The van der Waals surface area contributed by atoms with E-state index in [0.29, 0.717) is 0 Å². The standard InChI is InChI=1S/C15H13BrN4OS2/c1-20-12-5-3-2-4-11(12)18-15(20)22-9-14(21)19-17-8-10-6-7-13(16)23-10/h2-8H,9H2,1H3,(H,19,21)/b17-8+. The highest BCUT2D eigenvalue weighted by Crippen LogP contribution is 2.22. The smallest absolute Gasteiger partial charge is 0.250 e. The number of thioether (sulfide) groups is 1. The van der Waals surface area contributed by atoms with E-state index in [1.807, 2.05) is 48.0 Å². The number of benzene rings is 1. The van der Waals surface area contributed by atoms with Crippen LogP contribution in [0.4, 0.5) is 0 Å². The number of thiophene rings is 1. The van der Waals surface area contributed by atoms with Crippen LogP contribution in [0, 0.1) is 0 Å². The molecule has 0 unspecified atom stereocenters. The van der Waals surface area contributed by atoms with Gasteiger partial charge in [0.2, 0.25) is 0 Å². The highest BCUT2D eigenvalue weighted by Gasteiger charge is 2.09. The fraction of sp³-hybridized carbons (Fsp3) is 0.133. The van der Waals surface area contributed by atoms with Crippen LogP contribution in [-0.2, 0) is 11.8 Å². The van der Waals surface area contributed by atoms with E-state index < -0.39 is 0 Å². The predicted octanol–water partition coefficient (Wildman–Crippen LogP) is 3.64. The third-order valence-corrected chi connectivity index (χ3v) is 5.64. The number of halogens is 1. The van der Waals surface area contributed by atoms with E-state index in [-0.39, 0.29) is 11.7 Å². The molecule has 0 bridgehead atoms. The summed E-state index contributed by atoms with van der Waals surface area (Å²) in [5, 5.41) is 4.77. The second kappa shape index (κ2) is 7.29. The number of aryl methyl sites for hydroxylation is 1. The molecule has 3 aromatic rings. The number of nitrogens with one attached hydrogen (secondary N) is 1. The molecule has 0 spiro atoms. The summed E-state index contributed by atoms with van der Waals surface area (Å²) in [6, 6.07) is 11.8. The van der Waals surface area contributed by atoms with E-state index in [2.05, 4.69) is 31.4 Å². The molecule has 1 N–H and O–H groups in total. The Morgan fingerprint density at radius 2 is 2.26 bits per heavy atom. The maximum Gasteiger partial charge on any atom is 0.250 e. The minimum absolute atomic E-state index is 0.158. The number of hydrogen-bond donors (Lipinski definition) is 1. The van der Waals surface area contributed by atoms with E-state index in [0.717, 1.165) is 24.9 Å². The number of nitrogens with zero attached hydrogens (tertiary/aromatic N) is 3. The second-order valence-electron chi connectivity index (χ2n) is 4.67. The summed E-state index contributed by atoms with van der Waals surface area (Å²) >= 11 is 6.33. The molecule has 0 radical (unpaired) electrons. The van der Waals surface area contributed by atoms with Gasteiger partial charge in [0.15, 0.2) is 5.16 Å². The van der Waals surface area contributed by atoms with Gasteiger partial charge >= 0.3 is 0 Å². The molecule has 0 fully saturated rings. The summed E-state index contributed by atoms with van der Waals surface area (Å²) < 4.78 is 3.02. The molecule has 0 atom stereocenters. The number of imidazole rings is 1. The van der Waals surface area contributed by atoms with Crippen LogP contribution in [0.2, 0.25) is 0 Å². The molecule has 0 saturated carbocycles. The van der Waals surface area contributed by atoms with Crippen molar-refractivity contribution >= 4 is 62.2 Å². The maximum absolute atomic E-state index is 11.8. The average molecular weight is 409 g/mol. The van der Waals surface area contributed by atoms with Crippen molar-refractivity contribution in [3.8, 4) is 0 Å². The number of fused-ring (bicyclic) bond motifs is 1. The summed E-state index contributed by atoms with van der Waals surface area (Å²) in [5.74, 6) is 0.108. The first-order chi connectivity index (χ1) is 11.1. The topological polar surface area (TPSA) is 59.3 Å². The van der Waals surface area contributed by atoms with Crippen LogP contribution < -0.4 is 5.43 Å². The third kappa shape index (κ3) is 4.01. The van der Waals surface area contributed by atoms with Gasteiger partial charge in [-0.2, -0.15) is 5.10 Å². The van der Waals surface area contributed by atoms with Crippen LogP contribution in [0.1, 0.15) is 4.88 Å². The number of hydrogen-bond acceptors (Lipinski definition) is 5. The SMILES string of the molecule is Cn1c(SCC(=O)N/N=C/c2ccc(Br)s2)nc2ccccc21. The van der Waals surface area contributed by atoms with Crippen molar-refractivity contribution in [1.82, 2.24) is 15.0 Å². The molecular weight excluding hydrogens is 396 g/mol. The minimum Gasteiger partial charge on any atom is -0.322 e. The number of para-hydroxylation sites is 2. The summed E-state index contributed by atoms with van der Waals surface area (Å²) in [6.07, 6.45) is 1.63. The molecule has 0 aliphatic heterocycles. The Balaban J connectivity index is 1.56. The summed E-state index contributed by atoms with van der Waals surface area (Å²) in [4.78, 5) is 17.3. The van der Waals surface area contributed by atoms with Crippen LogP contribution in [0.5, 0.6) is 0 Å². The highest BCUT2D eigenvalue weighted by molar-refractivity contribution is 9.11. The van der Waals surface area contributed by atoms with Gasteiger partial charge in [-0.25, -0.2) is 10.4 Å². The molecule has 23 heavy (non-hydrogen) atoms. The first-order valence-corrected chi connectivity index (χ1v) is 9.34. The molecule has 118 valence electrons. The van der Waals surface area contributed by atoms with Gasteiger partial charge in [0, 0.05) is 11.9 Å².